The highest BCUT2D eigenvalue weighted by atomic mass is 32.1. The number of thiazole rings is 1. The number of benzene rings is 1. The predicted molar refractivity (Wildman–Crippen MR) is 71.0 cm³/mol. The van der Waals surface area contributed by atoms with Gasteiger partial charge in [-0.15, -0.1) is 11.3 Å². The van der Waals surface area contributed by atoms with Gasteiger partial charge in [-0.05, 0) is 29.5 Å². The van der Waals surface area contributed by atoms with Gasteiger partial charge in [0.05, 0.1) is 11.2 Å². The van der Waals surface area contributed by atoms with E-state index in [2.05, 4.69) is 56.3 Å². The summed E-state index contributed by atoms with van der Waals surface area (Å²) in [7, 11) is 0. The highest BCUT2D eigenvalue weighted by molar-refractivity contribution is 7.07. The first-order chi connectivity index (χ1) is 7.48. The van der Waals surface area contributed by atoms with Crippen LogP contribution in [0, 0.1) is 6.92 Å². The molecule has 0 aliphatic rings. The van der Waals surface area contributed by atoms with Gasteiger partial charge < -0.3 is 0 Å². The Hall–Kier alpha value is -1.15. The molecule has 0 unspecified atom stereocenters. The molecule has 1 nitrogen and oxygen atoms in total. The summed E-state index contributed by atoms with van der Waals surface area (Å²) in [4.78, 5) is 4.39. The van der Waals surface area contributed by atoms with Crippen LogP contribution in [-0.4, -0.2) is 4.98 Å². The Morgan fingerprint density at radius 2 is 1.94 bits per heavy atom. The third kappa shape index (κ3) is 2.17. The molecule has 0 amide bonds. The molecular weight excluding hydrogens is 214 g/mol. The van der Waals surface area contributed by atoms with Gasteiger partial charge in [0, 0.05) is 10.9 Å². The Kier molecular flexibility index (Phi) is 2.85. The van der Waals surface area contributed by atoms with E-state index < -0.39 is 0 Å². The van der Waals surface area contributed by atoms with Gasteiger partial charge in [0.2, 0.25) is 0 Å². The van der Waals surface area contributed by atoms with Crippen LogP contribution >= 0.6 is 11.3 Å². The summed E-state index contributed by atoms with van der Waals surface area (Å²) in [6.45, 7) is 8.86. The SMILES string of the molecule is Cc1ccc(C(C)(C)C)cc1-c1cscn1. The maximum atomic E-state index is 4.39. The predicted octanol–water partition coefficient (Wildman–Crippen LogP) is 4.42. The normalized spacial score (nSPS) is 11.8. The number of hydrogen-bond donors (Lipinski definition) is 0. The summed E-state index contributed by atoms with van der Waals surface area (Å²) in [5, 5.41) is 2.11. The third-order valence-corrected chi connectivity index (χ3v) is 3.40. The van der Waals surface area contributed by atoms with Crippen LogP contribution in [-0.2, 0) is 5.41 Å². The van der Waals surface area contributed by atoms with Crippen molar-refractivity contribution in [3.05, 3.63) is 40.2 Å². The minimum atomic E-state index is 0.193. The largest absolute Gasteiger partial charge is 0.245 e. The zero-order valence-electron chi connectivity index (χ0n) is 10.2. The van der Waals surface area contributed by atoms with Crippen molar-refractivity contribution in [2.45, 2.75) is 33.1 Å². The van der Waals surface area contributed by atoms with Crippen LogP contribution in [0.3, 0.4) is 0 Å². The van der Waals surface area contributed by atoms with E-state index in [1.165, 1.54) is 16.7 Å². The van der Waals surface area contributed by atoms with E-state index in [9.17, 15) is 0 Å². The van der Waals surface area contributed by atoms with Crippen LogP contribution in [0.25, 0.3) is 11.3 Å². The van der Waals surface area contributed by atoms with Crippen LogP contribution in [0.4, 0.5) is 0 Å². The molecule has 0 bridgehead atoms. The molecule has 2 aromatic rings. The number of hydrogen-bond acceptors (Lipinski definition) is 2. The lowest BCUT2D eigenvalue weighted by molar-refractivity contribution is 0.590. The summed E-state index contributed by atoms with van der Waals surface area (Å²) >= 11 is 1.65. The Labute approximate surface area is 101 Å². The second-order valence-corrected chi connectivity index (χ2v) is 5.87. The molecule has 16 heavy (non-hydrogen) atoms. The van der Waals surface area contributed by atoms with E-state index in [1.807, 2.05) is 5.51 Å². The molecule has 0 fully saturated rings. The van der Waals surface area contributed by atoms with Gasteiger partial charge in [-0.3, -0.25) is 0 Å². The molecule has 1 aromatic carbocycles. The smallest absolute Gasteiger partial charge is 0.0813 e. The van der Waals surface area contributed by atoms with Crippen molar-refractivity contribution >= 4 is 11.3 Å². The minimum Gasteiger partial charge on any atom is -0.245 e. The molecule has 84 valence electrons. The van der Waals surface area contributed by atoms with Crippen molar-refractivity contribution in [3.8, 4) is 11.3 Å². The van der Waals surface area contributed by atoms with E-state index in [4.69, 9.17) is 0 Å². The molecule has 0 radical (unpaired) electrons. The zero-order chi connectivity index (χ0) is 11.8. The summed E-state index contributed by atoms with van der Waals surface area (Å²) in [6.07, 6.45) is 0. The summed E-state index contributed by atoms with van der Waals surface area (Å²) < 4.78 is 0. The van der Waals surface area contributed by atoms with Crippen molar-refractivity contribution in [3.63, 3.8) is 0 Å². The van der Waals surface area contributed by atoms with E-state index >= 15 is 0 Å². The summed E-state index contributed by atoms with van der Waals surface area (Å²) in [6, 6.07) is 6.67. The van der Waals surface area contributed by atoms with E-state index in [-0.39, 0.29) is 5.41 Å². The number of aromatic nitrogens is 1. The van der Waals surface area contributed by atoms with Crippen molar-refractivity contribution < 1.29 is 0 Å². The van der Waals surface area contributed by atoms with E-state index in [0.717, 1.165) is 5.69 Å². The average Bonchev–Trinajstić information content (AvgIpc) is 2.69. The standard InChI is InChI=1S/C14H17NS/c1-10-5-6-11(14(2,3)4)7-12(10)13-8-16-9-15-13/h5-9H,1-4H3. The average molecular weight is 231 g/mol. The minimum absolute atomic E-state index is 0.193. The first kappa shape index (κ1) is 11.3. The lowest BCUT2D eigenvalue weighted by atomic mass is 9.85. The maximum Gasteiger partial charge on any atom is 0.0813 e. The highest BCUT2D eigenvalue weighted by Crippen LogP contribution is 2.29. The van der Waals surface area contributed by atoms with Crippen molar-refractivity contribution in [1.29, 1.82) is 0 Å². The Morgan fingerprint density at radius 1 is 1.19 bits per heavy atom. The molecule has 0 N–H and O–H groups in total. The van der Waals surface area contributed by atoms with Gasteiger partial charge in [-0.25, -0.2) is 4.98 Å². The lowest BCUT2D eigenvalue weighted by Gasteiger charge is -2.20. The van der Waals surface area contributed by atoms with Gasteiger partial charge in [-0.2, -0.15) is 0 Å². The number of rotatable bonds is 1. The molecule has 0 aliphatic carbocycles. The van der Waals surface area contributed by atoms with Crippen LogP contribution in [0.15, 0.2) is 29.1 Å². The lowest BCUT2D eigenvalue weighted by Crippen LogP contribution is -2.11. The maximum absolute atomic E-state index is 4.39. The molecule has 0 saturated carbocycles. The fourth-order valence-electron chi connectivity index (χ4n) is 1.71. The van der Waals surface area contributed by atoms with Crippen molar-refractivity contribution in [2.24, 2.45) is 0 Å². The van der Waals surface area contributed by atoms with Gasteiger partial charge >= 0.3 is 0 Å². The molecule has 0 saturated heterocycles. The number of nitrogens with zero attached hydrogens (tertiary/aromatic N) is 1. The topological polar surface area (TPSA) is 12.9 Å². The van der Waals surface area contributed by atoms with E-state index in [1.54, 1.807) is 11.3 Å². The van der Waals surface area contributed by atoms with Crippen LogP contribution in [0.1, 0.15) is 31.9 Å². The van der Waals surface area contributed by atoms with E-state index in [0.29, 0.717) is 0 Å². The number of aryl methyl sites for hydroxylation is 1. The molecule has 1 aromatic heterocycles. The summed E-state index contributed by atoms with van der Waals surface area (Å²) in [5.41, 5.74) is 7.08. The Balaban J connectivity index is 2.54. The van der Waals surface area contributed by atoms with Gasteiger partial charge in [0.25, 0.3) is 0 Å². The van der Waals surface area contributed by atoms with Crippen LogP contribution in [0.2, 0.25) is 0 Å². The van der Waals surface area contributed by atoms with Gasteiger partial charge in [0.15, 0.2) is 0 Å². The zero-order valence-corrected chi connectivity index (χ0v) is 11.1. The molecular formula is C14H17NS. The van der Waals surface area contributed by atoms with Crippen molar-refractivity contribution in [1.82, 2.24) is 4.98 Å². The fourth-order valence-corrected chi connectivity index (χ4v) is 2.26. The Morgan fingerprint density at radius 3 is 2.50 bits per heavy atom. The quantitative estimate of drug-likeness (QED) is 0.708. The van der Waals surface area contributed by atoms with Crippen LogP contribution < -0.4 is 0 Å². The molecule has 0 atom stereocenters. The van der Waals surface area contributed by atoms with Crippen LogP contribution in [0.5, 0.6) is 0 Å². The Bertz CT molecular complexity index is 478. The van der Waals surface area contributed by atoms with Gasteiger partial charge in [-0.1, -0.05) is 32.9 Å². The second kappa shape index (κ2) is 4.02. The second-order valence-electron chi connectivity index (χ2n) is 5.15. The monoisotopic (exact) mass is 231 g/mol. The molecule has 0 aliphatic heterocycles. The molecule has 2 rings (SSSR count). The first-order valence-electron chi connectivity index (χ1n) is 5.48. The molecule has 1 heterocycles. The van der Waals surface area contributed by atoms with Crippen molar-refractivity contribution in [2.75, 3.05) is 0 Å². The first-order valence-corrected chi connectivity index (χ1v) is 6.42. The van der Waals surface area contributed by atoms with Gasteiger partial charge in [0.1, 0.15) is 0 Å². The molecule has 2 heteroatoms. The highest BCUT2D eigenvalue weighted by Gasteiger charge is 2.15. The fraction of sp³-hybridized carbons (Fsp3) is 0.357. The third-order valence-electron chi connectivity index (χ3n) is 2.81. The molecule has 0 spiro atoms. The summed E-state index contributed by atoms with van der Waals surface area (Å²) in [5.74, 6) is 0.